The third kappa shape index (κ3) is 2.68. The number of aliphatic hydroxyl groups is 1. The third-order valence-corrected chi connectivity index (χ3v) is 5.95. The Kier molecular flexibility index (Phi) is 4.36. The maximum Gasteiger partial charge on any atom is 0.248 e. The number of nitrogens with zero attached hydrogens (tertiary/aromatic N) is 3. The van der Waals surface area contributed by atoms with Crippen LogP contribution in [0, 0.1) is 12.8 Å². The predicted molar refractivity (Wildman–Crippen MR) is 75.5 cm³/mol. The van der Waals surface area contributed by atoms with Crippen LogP contribution in [-0.4, -0.2) is 47.3 Å². The van der Waals surface area contributed by atoms with E-state index >= 15 is 0 Å². The number of aliphatic hydroxyl groups excluding tert-OH is 1. The second-order valence-corrected chi connectivity index (χ2v) is 7.18. The molecule has 1 unspecified atom stereocenters. The van der Waals surface area contributed by atoms with Gasteiger partial charge < -0.3 is 10.8 Å². The first-order valence-electron chi connectivity index (χ1n) is 6.78. The Bertz CT molecular complexity index is 580. The van der Waals surface area contributed by atoms with Crippen molar-refractivity contribution >= 4 is 15.8 Å². The molecule has 7 nitrogen and oxygen atoms in total. The summed E-state index contributed by atoms with van der Waals surface area (Å²) in [7, 11) is -1.93. The summed E-state index contributed by atoms with van der Waals surface area (Å²) in [5.74, 6) is 0.260. The Hall–Kier alpha value is -1.12. The van der Waals surface area contributed by atoms with Crippen LogP contribution in [0.1, 0.15) is 25.0 Å². The maximum atomic E-state index is 12.7. The van der Waals surface area contributed by atoms with E-state index in [0.29, 0.717) is 25.2 Å². The van der Waals surface area contributed by atoms with Crippen LogP contribution in [0.2, 0.25) is 0 Å². The summed E-state index contributed by atoms with van der Waals surface area (Å²) in [6, 6.07) is 0. The maximum absolute atomic E-state index is 12.7. The molecule has 0 radical (unpaired) electrons. The van der Waals surface area contributed by atoms with Gasteiger partial charge in [0, 0.05) is 26.7 Å². The molecule has 0 aromatic carbocycles. The van der Waals surface area contributed by atoms with Crippen LogP contribution >= 0.6 is 0 Å². The molecule has 1 saturated heterocycles. The van der Waals surface area contributed by atoms with Gasteiger partial charge in [-0.25, -0.2) is 8.42 Å². The first-order valence-corrected chi connectivity index (χ1v) is 8.22. The molecule has 20 heavy (non-hydrogen) atoms. The van der Waals surface area contributed by atoms with Crippen LogP contribution in [0.3, 0.4) is 0 Å². The quantitative estimate of drug-likeness (QED) is 0.821. The summed E-state index contributed by atoms with van der Waals surface area (Å²) >= 11 is 0. The van der Waals surface area contributed by atoms with Crippen molar-refractivity contribution in [2.75, 3.05) is 25.4 Å². The highest BCUT2D eigenvalue weighted by molar-refractivity contribution is 7.89. The molecule has 2 heterocycles. The van der Waals surface area contributed by atoms with Gasteiger partial charge in [0.25, 0.3) is 0 Å². The van der Waals surface area contributed by atoms with E-state index in [1.165, 1.54) is 8.99 Å². The van der Waals surface area contributed by atoms with Crippen molar-refractivity contribution in [3.63, 3.8) is 0 Å². The highest BCUT2D eigenvalue weighted by atomic mass is 32.2. The largest absolute Gasteiger partial charge is 0.396 e. The summed E-state index contributed by atoms with van der Waals surface area (Å²) < 4.78 is 28.4. The fourth-order valence-electron chi connectivity index (χ4n) is 2.73. The Morgan fingerprint density at radius 1 is 1.50 bits per heavy atom. The van der Waals surface area contributed by atoms with Crippen molar-refractivity contribution in [1.29, 1.82) is 0 Å². The molecule has 3 N–H and O–H groups in total. The minimum absolute atomic E-state index is 0.0503. The third-order valence-electron chi connectivity index (χ3n) is 3.92. The van der Waals surface area contributed by atoms with E-state index < -0.39 is 10.0 Å². The number of piperidine rings is 1. The fourth-order valence-corrected chi connectivity index (χ4v) is 4.57. The molecule has 0 bridgehead atoms. The molecule has 1 fully saturated rings. The monoisotopic (exact) mass is 302 g/mol. The average Bonchev–Trinajstić information content (AvgIpc) is 2.64. The zero-order valence-corrected chi connectivity index (χ0v) is 12.7. The molecule has 0 amide bonds. The van der Waals surface area contributed by atoms with Crippen LogP contribution in [0.5, 0.6) is 0 Å². The Morgan fingerprint density at radius 2 is 2.20 bits per heavy atom. The molecule has 2 rings (SSSR count). The van der Waals surface area contributed by atoms with Crippen LogP contribution in [0.4, 0.5) is 5.82 Å². The molecule has 114 valence electrons. The van der Waals surface area contributed by atoms with Gasteiger partial charge in [0.05, 0.1) is 5.69 Å². The van der Waals surface area contributed by atoms with Crippen LogP contribution in [-0.2, 0) is 17.1 Å². The normalized spacial score (nSPS) is 21.2. The van der Waals surface area contributed by atoms with Crippen LogP contribution in [0.25, 0.3) is 0 Å². The summed E-state index contributed by atoms with van der Waals surface area (Å²) in [5.41, 5.74) is 6.30. The number of aromatic nitrogens is 2. The van der Waals surface area contributed by atoms with E-state index in [1.54, 1.807) is 14.0 Å². The average molecular weight is 302 g/mol. The van der Waals surface area contributed by atoms with Gasteiger partial charge in [-0.1, -0.05) is 0 Å². The molecule has 0 saturated carbocycles. The molecule has 0 aliphatic carbocycles. The van der Waals surface area contributed by atoms with Crippen molar-refractivity contribution in [3.05, 3.63) is 5.69 Å². The summed E-state index contributed by atoms with van der Waals surface area (Å²) in [6.07, 6.45) is 2.39. The smallest absolute Gasteiger partial charge is 0.248 e. The van der Waals surface area contributed by atoms with Gasteiger partial charge in [-0.2, -0.15) is 9.40 Å². The predicted octanol–water partition coefficient (Wildman–Crippen LogP) is 0.0938. The highest BCUT2D eigenvalue weighted by Gasteiger charge is 2.34. The highest BCUT2D eigenvalue weighted by Crippen LogP contribution is 2.29. The van der Waals surface area contributed by atoms with Crippen LogP contribution in [0.15, 0.2) is 4.90 Å². The number of aryl methyl sites for hydroxylation is 1. The Morgan fingerprint density at radius 3 is 2.75 bits per heavy atom. The van der Waals surface area contributed by atoms with Crippen molar-refractivity contribution in [1.82, 2.24) is 14.1 Å². The van der Waals surface area contributed by atoms with E-state index in [0.717, 1.165) is 12.8 Å². The molecule has 1 aromatic rings. The second-order valence-electron chi connectivity index (χ2n) is 5.31. The number of hydrogen-bond donors (Lipinski definition) is 2. The Balaban J connectivity index is 2.30. The molecule has 8 heteroatoms. The number of nitrogen functional groups attached to an aromatic ring is 1. The first kappa shape index (κ1) is 15.3. The fraction of sp³-hybridized carbons (Fsp3) is 0.750. The lowest BCUT2D eigenvalue weighted by atomic mass is 9.97. The summed E-state index contributed by atoms with van der Waals surface area (Å²) in [5, 5.41) is 13.0. The van der Waals surface area contributed by atoms with E-state index in [4.69, 9.17) is 10.8 Å². The molecule has 1 aromatic heterocycles. The topological polar surface area (TPSA) is 101 Å². The van der Waals surface area contributed by atoms with Gasteiger partial charge in [-0.3, -0.25) is 4.68 Å². The standard InChI is InChI=1S/C12H22N4O3S/c1-9-11(12(13)14-15(9)2)20(18,19)16-6-3-4-10(8-16)5-7-17/h10,17H,3-8H2,1-2H3,(H2,13,14). The van der Waals surface area contributed by atoms with Crippen molar-refractivity contribution in [3.8, 4) is 0 Å². The molecular formula is C12H22N4O3S. The molecular weight excluding hydrogens is 280 g/mol. The van der Waals surface area contributed by atoms with Crippen molar-refractivity contribution in [2.24, 2.45) is 13.0 Å². The first-order chi connectivity index (χ1) is 9.37. The van der Waals surface area contributed by atoms with Crippen molar-refractivity contribution < 1.29 is 13.5 Å². The van der Waals surface area contributed by atoms with E-state index in [2.05, 4.69) is 5.10 Å². The van der Waals surface area contributed by atoms with Crippen LogP contribution < -0.4 is 5.73 Å². The van der Waals surface area contributed by atoms with Gasteiger partial charge in [-0.05, 0) is 32.1 Å². The lowest BCUT2D eigenvalue weighted by Gasteiger charge is -2.31. The molecule has 1 atom stereocenters. The SMILES string of the molecule is Cc1c(S(=O)(=O)N2CCCC(CCO)C2)c(N)nn1C. The zero-order valence-electron chi connectivity index (χ0n) is 11.9. The minimum atomic E-state index is -3.61. The van der Waals surface area contributed by atoms with Crippen molar-refractivity contribution in [2.45, 2.75) is 31.1 Å². The summed E-state index contributed by atoms with van der Waals surface area (Å²) in [6.45, 7) is 2.73. The molecule has 1 aliphatic rings. The van der Waals surface area contributed by atoms with Gasteiger partial charge in [0.1, 0.15) is 4.90 Å². The zero-order chi connectivity index (χ0) is 14.9. The minimum Gasteiger partial charge on any atom is -0.396 e. The van der Waals surface area contributed by atoms with E-state index in [9.17, 15) is 8.42 Å². The second kappa shape index (κ2) is 5.71. The lowest BCUT2D eigenvalue weighted by molar-refractivity contribution is 0.203. The number of nitrogens with two attached hydrogens (primary N) is 1. The lowest BCUT2D eigenvalue weighted by Crippen LogP contribution is -2.40. The molecule has 0 spiro atoms. The summed E-state index contributed by atoms with van der Waals surface area (Å²) in [4.78, 5) is 0.115. The van der Waals surface area contributed by atoms with Gasteiger partial charge in [0.2, 0.25) is 10.0 Å². The van der Waals surface area contributed by atoms with Gasteiger partial charge >= 0.3 is 0 Å². The number of anilines is 1. The van der Waals surface area contributed by atoms with Gasteiger partial charge in [0.15, 0.2) is 5.82 Å². The number of sulfonamides is 1. The van der Waals surface area contributed by atoms with Gasteiger partial charge in [-0.15, -0.1) is 0 Å². The van der Waals surface area contributed by atoms with E-state index in [1.807, 2.05) is 0 Å². The molecule has 1 aliphatic heterocycles. The Labute approximate surface area is 119 Å². The number of hydrogen-bond acceptors (Lipinski definition) is 5. The van der Waals surface area contributed by atoms with E-state index in [-0.39, 0.29) is 23.2 Å². The number of rotatable bonds is 4.